The van der Waals surface area contributed by atoms with Gasteiger partial charge in [-0.2, -0.15) is 13.1 Å². The molecule has 0 spiro atoms. The molecule has 1 saturated heterocycles. The smallest absolute Gasteiger partial charge is 0.387 e. The molecule has 146 valence electrons. The van der Waals surface area contributed by atoms with E-state index in [1.54, 1.807) is 0 Å². The fourth-order valence-corrected chi connectivity index (χ4v) is 5.73. The Labute approximate surface area is 163 Å². The number of hydrogen-bond acceptors (Lipinski definition) is 5. The molecule has 3 rings (SSSR count). The summed E-state index contributed by atoms with van der Waals surface area (Å²) in [5.74, 6) is -0.848. The van der Waals surface area contributed by atoms with Gasteiger partial charge in [0.1, 0.15) is 15.5 Å². The van der Waals surface area contributed by atoms with Crippen molar-refractivity contribution in [1.82, 2.24) is 4.31 Å². The molecule has 1 amide bonds. The molecule has 6 nitrogen and oxygen atoms in total. The molecular weight excluding hydrogens is 422 g/mol. The van der Waals surface area contributed by atoms with Gasteiger partial charge in [-0.1, -0.05) is 11.6 Å². The molecule has 0 unspecified atom stereocenters. The fourth-order valence-electron chi connectivity index (χ4n) is 2.69. The largest absolute Gasteiger partial charge is 0.433 e. The van der Waals surface area contributed by atoms with Crippen LogP contribution in [0.2, 0.25) is 5.02 Å². The summed E-state index contributed by atoms with van der Waals surface area (Å²) in [6, 6.07) is 5.18. The van der Waals surface area contributed by atoms with Gasteiger partial charge in [0.25, 0.3) is 5.91 Å². The van der Waals surface area contributed by atoms with Crippen molar-refractivity contribution in [3.63, 3.8) is 0 Å². The Morgan fingerprint density at radius 1 is 1.26 bits per heavy atom. The van der Waals surface area contributed by atoms with Crippen molar-refractivity contribution in [2.45, 2.75) is 24.3 Å². The van der Waals surface area contributed by atoms with Crippen molar-refractivity contribution < 1.29 is 26.7 Å². The molecule has 0 atom stereocenters. The van der Waals surface area contributed by atoms with Crippen LogP contribution in [0.5, 0.6) is 5.75 Å². The van der Waals surface area contributed by atoms with E-state index in [0.717, 1.165) is 24.2 Å². The third kappa shape index (κ3) is 4.40. The number of hydrogen-bond donors (Lipinski definition) is 1. The van der Waals surface area contributed by atoms with Gasteiger partial charge >= 0.3 is 6.61 Å². The Bertz CT molecular complexity index is 944. The van der Waals surface area contributed by atoms with Crippen molar-refractivity contribution >= 4 is 44.6 Å². The molecule has 1 aliphatic heterocycles. The molecule has 1 aromatic carbocycles. The van der Waals surface area contributed by atoms with Crippen molar-refractivity contribution in [3.8, 4) is 5.75 Å². The second-order valence-electron chi connectivity index (χ2n) is 5.70. The lowest BCUT2D eigenvalue weighted by atomic mass is 10.3. The predicted octanol–water partition coefficient (Wildman–Crippen LogP) is 4.04. The number of ether oxygens (including phenoxy) is 1. The van der Waals surface area contributed by atoms with Gasteiger partial charge in [-0.3, -0.25) is 4.79 Å². The van der Waals surface area contributed by atoms with Crippen LogP contribution in [0.1, 0.15) is 22.5 Å². The first-order valence-corrected chi connectivity index (χ1v) is 10.6. The summed E-state index contributed by atoms with van der Waals surface area (Å²) in [6.07, 6.45) is 1.58. The van der Waals surface area contributed by atoms with E-state index < -0.39 is 22.5 Å². The van der Waals surface area contributed by atoms with E-state index in [1.165, 1.54) is 34.0 Å². The number of anilines is 1. The van der Waals surface area contributed by atoms with Crippen LogP contribution in [0.3, 0.4) is 0 Å². The molecule has 0 saturated carbocycles. The standard InChI is InChI=1S/C16H15ClF2N2O4S2/c17-11-9-10(3-4-12(11)25-16(18)19)20-15(22)14-13(5-8-26-14)27(23,24)21-6-1-2-7-21/h3-5,8-9,16H,1-2,6-7H2,(H,20,22). The Hall–Kier alpha value is -1.75. The summed E-state index contributed by atoms with van der Waals surface area (Å²) in [7, 11) is -3.74. The van der Waals surface area contributed by atoms with Crippen molar-refractivity contribution in [2.75, 3.05) is 18.4 Å². The van der Waals surface area contributed by atoms with Gasteiger partial charge < -0.3 is 10.1 Å². The maximum atomic E-state index is 12.7. The predicted molar refractivity (Wildman–Crippen MR) is 98.3 cm³/mol. The van der Waals surface area contributed by atoms with E-state index in [0.29, 0.717) is 13.1 Å². The molecule has 0 bridgehead atoms. The third-order valence-electron chi connectivity index (χ3n) is 3.92. The zero-order chi connectivity index (χ0) is 19.6. The molecule has 11 heteroatoms. The number of sulfonamides is 1. The second-order valence-corrected chi connectivity index (χ2v) is 8.93. The first-order valence-electron chi connectivity index (χ1n) is 7.92. The Kier molecular flexibility index (Phi) is 5.99. The highest BCUT2D eigenvalue weighted by Crippen LogP contribution is 2.31. The maximum absolute atomic E-state index is 12.7. The number of nitrogens with one attached hydrogen (secondary N) is 1. The summed E-state index contributed by atoms with van der Waals surface area (Å²) < 4.78 is 55.6. The highest BCUT2D eigenvalue weighted by molar-refractivity contribution is 7.89. The number of nitrogens with zero attached hydrogens (tertiary/aromatic N) is 1. The Balaban J connectivity index is 1.80. The number of amides is 1. The summed E-state index contributed by atoms with van der Waals surface area (Å²) >= 11 is 6.87. The molecule has 27 heavy (non-hydrogen) atoms. The molecule has 0 aliphatic carbocycles. The zero-order valence-corrected chi connectivity index (χ0v) is 16.2. The SMILES string of the molecule is O=C(Nc1ccc(OC(F)F)c(Cl)c1)c1sccc1S(=O)(=O)N1CCCC1. The molecule has 2 heterocycles. The second kappa shape index (κ2) is 8.09. The third-order valence-corrected chi connectivity index (χ3v) is 7.20. The first-order chi connectivity index (χ1) is 12.8. The van der Waals surface area contributed by atoms with Crippen LogP contribution in [-0.4, -0.2) is 38.3 Å². The lowest BCUT2D eigenvalue weighted by Crippen LogP contribution is -2.29. The maximum Gasteiger partial charge on any atom is 0.387 e. The van der Waals surface area contributed by atoms with Crippen molar-refractivity contribution in [3.05, 3.63) is 39.5 Å². The fraction of sp³-hybridized carbons (Fsp3) is 0.312. The van der Waals surface area contributed by atoms with Crippen LogP contribution >= 0.6 is 22.9 Å². The summed E-state index contributed by atoms with van der Waals surface area (Å²) in [4.78, 5) is 12.6. The Morgan fingerprint density at radius 2 is 1.96 bits per heavy atom. The first kappa shape index (κ1) is 20.0. The molecule has 1 N–H and O–H groups in total. The van der Waals surface area contributed by atoms with Crippen LogP contribution in [0, 0.1) is 0 Å². The summed E-state index contributed by atoms with van der Waals surface area (Å²) in [5.41, 5.74) is 0.226. The van der Waals surface area contributed by atoms with Crippen molar-refractivity contribution in [2.24, 2.45) is 0 Å². The number of halogens is 3. The van der Waals surface area contributed by atoms with Crippen LogP contribution in [0.4, 0.5) is 14.5 Å². The van der Waals surface area contributed by atoms with Crippen LogP contribution in [0.15, 0.2) is 34.5 Å². The molecule has 0 radical (unpaired) electrons. The van der Waals surface area contributed by atoms with Gasteiger partial charge in [-0.25, -0.2) is 8.42 Å². The molecule has 1 fully saturated rings. The van der Waals surface area contributed by atoms with E-state index in [1.807, 2.05) is 0 Å². The highest BCUT2D eigenvalue weighted by Gasteiger charge is 2.31. The van der Waals surface area contributed by atoms with Gasteiger partial charge in [0.2, 0.25) is 10.0 Å². The molecule has 1 aromatic heterocycles. The van der Waals surface area contributed by atoms with E-state index in [9.17, 15) is 22.0 Å². The van der Waals surface area contributed by atoms with Crippen LogP contribution in [0.25, 0.3) is 0 Å². The number of rotatable bonds is 6. The average molecular weight is 437 g/mol. The zero-order valence-electron chi connectivity index (χ0n) is 13.8. The number of alkyl halides is 2. The van der Waals surface area contributed by atoms with E-state index >= 15 is 0 Å². The minimum absolute atomic E-state index is 0.0457. The van der Waals surface area contributed by atoms with Gasteiger partial charge in [-0.05, 0) is 42.5 Å². The van der Waals surface area contributed by atoms with Gasteiger partial charge in [-0.15, -0.1) is 11.3 Å². The quantitative estimate of drug-likeness (QED) is 0.741. The minimum Gasteiger partial charge on any atom is -0.433 e. The average Bonchev–Trinajstić information content (AvgIpc) is 3.29. The summed E-state index contributed by atoms with van der Waals surface area (Å²) in [6.45, 7) is -2.16. The number of thiophene rings is 1. The molecule has 1 aliphatic rings. The normalized spacial score (nSPS) is 15.3. The monoisotopic (exact) mass is 436 g/mol. The van der Waals surface area contributed by atoms with Crippen LogP contribution in [-0.2, 0) is 10.0 Å². The van der Waals surface area contributed by atoms with Gasteiger partial charge in [0.15, 0.2) is 0 Å². The highest BCUT2D eigenvalue weighted by atomic mass is 35.5. The molecular formula is C16H15ClF2N2O4S2. The van der Waals surface area contributed by atoms with Crippen molar-refractivity contribution in [1.29, 1.82) is 0 Å². The van der Waals surface area contributed by atoms with E-state index in [4.69, 9.17) is 11.6 Å². The number of benzene rings is 1. The lowest BCUT2D eigenvalue weighted by molar-refractivity contribution is -0.0497. The number of carbonyl (C=O) groups is 1. The van der Waals surface area contributed by atoms with Gasteiger partial charge in [0, 0.05) is 18.8 Å². The minimum atomic E-state index is -3.74. The van der Waals surface area contributed by atoms with E-state index in [2.05, 4.69) is 10.1 Å². The van der Waals surface area contributed by atoms with E-state index in [-0.39, 0.29) is 26.2 Å². The number of carbonyl (C=O) groups excluding carboxylic acids is 1. The summed E-state index contributed by atoms with van der Waals surface area (Å²) in [5, 5.41) is 3.95. The Morgan fingerprint density at radius 3 is 2.59 bits per heavy atom. The van der Waals surface area contributed by atoms with Gasteiger partial charge in [0.05, 0.1) is 5.02 Å². The molecule has 2 aromatic rings. The topological polar surface area (TPSA) is 75.7 Å². The lowest BCUT2D eigenvalue weighted by Gasteiger charge is -2.15. The van der Waals surface area contributed by atoms with Crippen LogP contribution < -0.4 is 10.1 Å².